The highest BCUT2D eigenvalue weighted by molar-refractivity contribution is 6.32. The summed E-state index contributed by atoms with van der Waals surface area (Å²) in [5.74, 6) is 6.10. The third-order valence-electron chi connectivity index (χ3n) is 2.89. The first-order valence-electron chi connectivity index (χ1n) is 6.01. The van der Waals surface area contributed by atoms with Crippen molar-refractivity contribution in [2.75, 3.05) is 10.7 Å². The molecule has 0 atom stereocenters. The maximum absolute atomic E-state index is 6.07. The average molecular weight is 286 g/mol. The number of hydrazine groups is 1. The Bertz CT molecular complexity index is 759. The van der Waals surface area contributed by atoms with E-state index in [0.29, 0.717) is 16.8 Å². The quantitative estimate of drug-likeness (QED) is 0.508. The number of benzene rings is 2. The monoisotopic (exact) mass is 285 g/mol. The molecule has 0 aliphatic carbocycles. The molecule has 0 radical (unpaired) electrons. The summed E-state index contributed by atoms with van der Waals surface area (Å²) in [6.07, 6.45) is 1.49. The zero-order chi connectivity index (χ0) is 13.9. The third kappa shape index (κ3) is 2.49. The van der Waals surface area contributed by atoms with Gasteiger partial charge in [0, 0.05) is 5.69 Å². The van der Waals surface area contributed by atoms with Crippen molar-refractivity contribution >= 4 is 39.8 Å². The van der Waals surface area contributed by atoms with Crippen molar-refractivity contribution in [1.29, 1.82) is 0 Å². The lowest BCUT2D eigenvalue weighted by Gasteiger charge is -2.09. The van der Waals surface area contributed by atoms with Gasteiger partial charge in [0.1, 0.15) is 5.02 Å². The number of nitrogens with one attached hydrogen (secondary N) is 2. The Hall–Kier alpha value is -2.37. The van der Waals surface area contributed by atoms with E-state index in [1.54, 1.807) is 0 Å². The molecule has 0 bridgehead atoms. The molecular weight excluding hydrogens is 274 g/mol. The molecular formula is C14H12ClN5. The van der Waals surface area contributed by atoms with Crippen molar-refractivity contribution < 1.29 is 0 Å². The van der Waals surface area contributed by atoms with Crippen LogP contribution >= 0.6 is 11.6 Å². The third-order valence-corrected chi connectivity index (χ3v) is 3.16. The van der Waals surface area contributed by atoms with E-state index in [1.165, 1.54) is 11.6 Å². The predicted octanol–water partition coefficient (Wildman–Crippen LogP) is 3.31. The van der Waals surface area contributed by atoms with Crippen LogP contribution in [0.4, 0.5) is 17.5 Å². The molecule has 20 heavy (non-hydrogen) atoms. The van der Waals surface area contributed by atoms with Gasteiger partial charge in [0.2, 0.25) is 5.95 Å². The number of anilines is 3. The summed E-state index contributed by atoms with van der Waals surface area (Å²) in [7, 11) is 0. The van der Waals surface area contributed by atoms with Crippen LogP contribution < -0.4 is 16.6 Å². The summed E-state index contributed by atoms with van der Waals surface area (Å²) in [6.45, 7) is 0. The molecule has 3 rings (SSSR count). The van der Waals surface area contributed by atoms with Crippen molar-refractivity contribution in [3.8, 4) is 0 Å². The van der Waals surface area contributed by atoms with E-state index >= 15 is 0 Å². The Morgan fingerprint density at radius 3 is 2.65 bits per heavy atom. The van der Waals surface area contributed by atoms with E-state index in [4.69, 9.17) is 17.4 Å². The van der Waals surface area contributed by atoms with E-state index in [0.717, 1.165) is 11.1 Å². The maximum atomic E-state index is 6.07. The Morgan fingerprint density at radius 1 is 1.05 bits per heavy atom. The first kappa shape index (κ1) is 12.7. The molecule has 5 nitrogen and oxygen atoms in total. The number of nitrogens with two attached hydrogens (primary N) is 1. The van der Waals surface area contributed by atoms with Crippen LogP contribution in [0.15, 0.2) is 48.7 Å². The van der Waals surface area contributed by atoms with Crippen molar-refractivity contribution in [1.82, 2.24) is 9.97 Å². The van der Waals surface area contributed by atoms with Gasteiger partial charge in [-0.05, 0) is 22.9 Å². The normalized spacial score (nSPS) is 10.5. The first-order chi connectivity index (χ1) is 9.76. The zero-order valence-corrected chi connectivity index (χ0v) is 11.2. The smallest absolute Gasteiger partial charge is 0.239 e. The second kappa shape index (κ2) is 5.32. The van der Waals surface area contributed by atoms with Crippen molar-refractivity contribution in [3.63, 3.8) is 0 Å². The van der Waals surface area contributed by atoms with Gasteiger partial charge in [0.05, 0.1) is 6.20 Å². The van der Waals surface area contributed by atoms with Crippen molar-refractivity contribution in [2.24, 2.45) is 5.84 Å². The molecule has 1 aromatic heterocycles. The fourth-order valence-corrected chi connectivity index (χ4v) is 2.07. The highest BCUT2D eigenvalue weighted by atomic mass is 35.5. The molecule has 2 aromatic carbocycles. The standard InChI is InChI=1S/C14H12ClN5/c15-12-8-17-14(20-16)19-13(12)18-11-6-5-9-3-1-2-4-10(9)7-11/h1-8H,16H2,(H2,17,18,19,20). The molecule has 0 aliphatic rings. The number of fused-ring (bicyclic) bond motifs is 1. The van der Waals surface area contributed by atoms with Gasteiger partial charge in [0.25, 0.3) is 0 Å². The lowest BCUT2D eigenvalue weighted by atomic mass is 10.1. The number of hydrogen-bond donors (Lipinski definition) is 3. The number of halogens is 1. The van der Waals surface area contributed by atoms with Gasteiger partial charge < -0.3 is 5.32 Å². The molecule has 100 valence electrons. The van der Waals surface area contributed by atoms with Crippen LogP contribution in [-0.4, -0.2) is 9.97 Å². The average Bonchev–Trinajstić information content (AvgIpc) is 2.49. The predicted molar refractivity (Wildman–Crippen MR) is 82.1 cm³/mol. The fourth-order valence-electron chi connectivity index (χ4n) is 1.93. The van der Waals surface area contributed by atoms with Crippen LogP contribution in [0.3, 0.4) is 0 Å². The van der Waals surface area contributed by atoms with Gasteiger partial charge in [-0.2, -0.15) is 4.98 Å². The first-order valence-corrected chi connectivity index (χ1v) is 6.39. The summed E-state index contributed by atoms with van der Waals surface area (Å²) < 4.78 is 0. The van der Waals surface area contributed by atoms with Crippen LogP contribution in [-0.2, 0) is 0 Å². The summed E-state index contributed by atoms with van der Waals surface area (Å²) in [5.41, 5.74) is 3.28. The fraction of sp³-hybridized carbons (Fsp3) is 0. The lowest BCUT2D eigenvalue weighted by Crippen LogP contribution is -2.11. The minimum atomic E-state index is 0.303. The van der Waals surface area contributed by atoms with Crippen LogP contribution in [0.5, 0.6) is 0 Å². The van der Waals surface area contributed by atoms with Gasteiger partial charge in [0.15, 0.2) is 5.82 Å². The SMILES string of the molecule is NNc1ncc(Cl)c(Nc2ccc3ccccc3c2)n1. The second-order valence-electron chi connectivity index (χ2n) is 4.22. The zero-order valence-electron chi connectivity index (χ0n) is 10.5. The minimum Gasteiger partial charge on any atom is -0.339 e. The van der Waals surface area contributed by atoms with E-state index in [2.05, 4.69) is 32.8 Å². The Morgan fingerprint density at radius 2 is 1.85 bits per heavy atom. The second-order valence-corrected chi connectivity index (χ2v) is 4.63. The van der Waals surface area contributed by atoms with E-state index in [-0.39, 0.29) is 0 Å². The summed E-state index contributed by atoms with van der Waals surface area (Å²) in [4.78, 5) is 8.11. The van der Waals surface area contributed by atoms with Crippen molar-refractivity contribution in [2.45, 2.75) is 0 Å². The largest absolute Gasteiger partial charge is 0.339 e. The molecule has 3 aromatic rings. The molecule has 0 amide bonds. The molecule has 0 unspecified atom stereocenters. The van der Waals surface area contributed by atoms with Gasteiger partial charge in [-0.1, -0.05) is 41.9 Å². The molecule has 0 spiro atoms. The van der Waals surface area contributed by atoms with Gasteiger partial charge in [-0.15, -0.1) is 0 Å². The number of aromatic nitrogens is 2. The van der Waals surface area contributed by atoms with Crippen molar-refractivity contribution in [3.05, 3.63) is 53.7 Å². The van der Waals surface area contributed by atoms with E-state index in [1.807, 2.05) is 30.3 Å². The Labute approximate surface area is 120 Å². The van der Waals surface area contributed by atoms with Crippen LogP contribution in [0.1, 0.15) is 0 Å². The highest BCUT2D eigenvalue weighted by Gasteiger charge is 2.05. The van der Waals surface area contributed by atoms with Gasteiger partial charge >= 0.3 is 0 Å². The summed E-state index contributed by atoms with van der Waals surface area (Å²) in [6, 6.07) is 14.2. The Balaban J connectivity index is 1.96. The molecule has 0 aliphatic heterocycles. The summed E-state index contributed by atoms with van der Waals surface area (Å²) >= 11 is 6.07. The lowest BCUT2D eigenvalue weighted by molar-refractivity contribution is 1.12. The summed E-state index contributed by atoms with van der Waals surface area (Å²) in [5, 5.41) is 5.90. The van der Waals surface area contributed by atoms with Crippen LogP contribution in [0, 0.1) is 0 Å². The van der Waals surface area contributed by atoms with E-state index < -0.39 is 0 Å². The highest BCUT2D eigenvalue weighted by Crippen LogP contribution is 2.25. The molecule has 4 N–H and O–H groups in total. The number of rotatable bonds is 3. The maximum Gasteiger partial charge on any atom is 0.239 e. The number of hydrogen-bond acceptors (Lipinski definition) is 5. The number of nitrogen functional groups attached to an aromatic ring is 1. The van der Waals surface area contributed by atoms with Crippen LogP contribution in [0.2, 0.25) is 5.02 Å². The molecule has 0 saturated heterocycles. The molecule has 0 fully saturated rings. The minimum absolute atomic E-state index is 0.303. The van der Waals surface area contributed by atoms with Gasteiger partial charge in [-0.3, -0.25) is 5.43 Å². The topological polar surface area (TPSA) is 75.9 Å². The van der Waals surface area contributed by atoms with E-state index in [9.17, 15) is 0 Å². The van der Waals surface area contributed by atoms with Crippen LogP contribution in [0.25, 0.3) is 10.8 Å². The molecule has 6 heteroatoms. The molecule has 1 heterocycles. The molecule has 0 saturated carbocycles. The van der Waals surface area contributed by atoms with Gasteiger partial charge in [-0.25, -0.2) is 10.8 Å². The Kier molecular flexibility index (Phi) is 3.37. The number of nitrogens with zero attached hydrogens (tertiary/aromatic N) is 2.